The van der Waals surface area contributed by atoms with E-state index in [4.69, 9.17) is 0 Å². The van der Waals surface area contributed by atoms with Gasteiger partial charge in [0.05, 0.1) is 22.0 Å². The van der Waals surface area contributed by atoms with Crippen molar-refractivity contribution in [1.82, 2.24) is 5.32 Å². The van der Waals surface area contributed by atoms with E-state index in [1.54, 1.807) is 31.2 Å². The molecule has 4 aromatic rings. The summed E-state index contributed by atoms with van der Waals surface area (Å²) in [5, 5.41) is 38.3. The second-order valence-corrected chi connectivity index (χ2v) is 8.30. The van der Waals surface area contributed by atoms with Crippen molar-refractivity contribution >= 4 is 35.2 Å². The van der Waals surface area contributed by atoms with Crippen LogP contribution >= 0.6 is 12.4 Å². The fourth-order valence-corrected chi connectivity index (χ4v) is 3.90. The average Bonchev–Trinajstić information content (AvgIpc) is 2.90. The number of non-ortho nitro benzene ring substituents is 2. The Hall–Kier alpha value is -4.68. The summed E-state index contributed by atoms with van der Waals surface area (Å²) in [6.07, 6.45) is 0. The van der Waals surface area contributed by atoms with Gasteiger partial charge >= 0.3 is 0 Å². The highest BCUT2D eigenvalue weighted by atomic mass is 35.5. The van der Waals surface area contributed by atoms with Crippen molar-refractivity contribution in [2.45, 2.75) is 19.0 Å². The van der Waals surface area contributed by atoms with E-state index in [0.717, 1.165) is 6.07 Å². The number of benzene rings is 3. The molecule has 0 aromatic heterocycles. The summed E-state index contributed by atoms with van der Waals surface area (Å²) in [6.45, 7) is 1.67. The number of nitro groups is 2. The third-order valence-corrected chi connectivity index (χ3v) is 5.84. The van der Waals surface area contributed by atoms with E-state index in [1.807, 2.05) is 0 Å². The Kier molecular flexibility index (Phi) is 8.19. The van der Waals surface area contributed by atoms with Gasteiger partial charge in [-0.25, -0.2) is 4.39 Å². The number of nitrogens with zero attached hydrogens (tertiary/aromatic N) is 2. The number of anilines is 2. The van der Waals surface area contributed by atoms with Gasteiger partial charge in [0.25, 0.3) is 22.2 Å². The summed E-state index contributed by atoms with van der Waals surface area (Å²) >= 11 is 0. The molecule has 0 aliphatic carbocycles. The van der Waals surface area contributed by atoms with E-state index in [1.165, 1.54) is 36.4 Å². The minimum Gasteiger partial charge on any atom is -0.502 e. The largest absolute Gasteiger partial charge is 0.502 e. The van der Waals surface area contributed by atoms with Crippen molar-refractivity contribution in [3.05, 3.63) is 130 Å². The van der Waals surface area contributed by atoms with Crippen molar-refractivity contribution in [3.8, 4) is 5.75 Å². The molecular weight excluding hydrogens is 523 g/mol. The Labute approximate surface area is 220 Å². The fraction of sp³-hybridized carbons (Fsp3) is 0.120. The van der Waals surface area contributed by atoms with Crippen LogP contribution in [0.3, 0.4) is 0 Å². The molecule has 3 N–H and O–H groups in total. The lowest BCUT2D eigenvalue weighted by atomic mass is 9.96. The first kappa shape index (κ1) is 27.9. The average molecular weight is 543 g/mol. The van der Waals surface area contributed by atoms with Gasteiger partial charge < -0.3 is 10.4 Å². The molecule has 0 radical (unpaired) electrons. The molecule has 2 unspecified atom stereocenters. The Morgan fingerprint density at radius 2 is 1.45 bits per heavy atom. The van der Waals surface area contributed by atoms with Crippen LogP contribution in [0.4, 0.5) is 27.1 Å². The van der Waals surface area contributed by atoms with E-state index in [9.17, 15) is 39.3 Å². The molecular formula is C25H20ClFN4O7. The van der Waals surface area contributed by atoms with Crippen molar-refractivity contribution < 1.29 is 19.3 Å². The van der Waals surface area contributed by atoms with Crippen molar-refractivity contribution in [3.63, 3.8) is 0 Å². The molecule has 11 nitrogen and oxygen atoms in total. The Morgan fingerprint density at radius 3 is 2.00 bits per heavy atom. The number of aromatic hydroxyl groups is 1. The van der Waals surface area contributed by atoms with Crippen LogP contribution < -0.4 is 21.5 Å². The van der Waals surface area contributed by atoms with Crippen LogP contribution in [0.25, 0.3) is 0 Å². The van der Waals surface area contributed by atoms with E-state index in [0.29, 0.717) is 16.8 Å². The zero-order valence-electron chi connectivity index (χ0n) is 19.6. The lowest BCUT2D eigenvalue weighted by Gasteiger charge is -2.25. The van der Waals surface area contributed by atoms with Gasteiger partial charge in [0.15, 0.2) is 5.75 Å². The smallest absolute Gasteiger partial charge is 0.276 e. The van der Waals surface area contributed by atoms with Crippen molar-refractivity contribution in [2.24, 2.45) is 0 Å². The number of rotatable bonds is 9. The first-order chi connectivity index (χ1) is 17.5. The molecule has 4 aromatic carbocycles. The summed E-state index contributed by atoms with van der Waals surface area (Å²) in [6, 6.07) is 14.3. The van der Waals surface area contributed by atoms with Gasteiger partial charge in [-0.05, 0) is 47.9 Å². The number of hydrogen-bond donors (Lipinski definition) is 3. The second kappa shape index (κ2) is 11.2. The Morgan fingerprint density at radius 1 is 0.842 bits per heavy atom. The molecule has 2 atom stereocenters. The minimum atomic E-state index is -0.982. The predicted octanol–water partition coefficient (Wildman–Crippen LogP) is 4.55. The SMILES string of the molecule is CC(NC(c1ccc(F)cc1)c1cccc(Nc2c(O)c(=O)c2=O)c1)c1cc([N+](=O)[O-])cc([N+](=O)[O-])c1.Cl. The van der Waals surface area contributed by atoms with E-state index in [2.05, 4.69) is 10.6 Å². The van der Waals surface area contributed by atoms with Crippen LogP contribution in [0.1, 0.15) is 35.7 Å². The van der Waals surface area contributed by atoms with Gasteiger partial charge in [-0.3, -0.25) is 35.1 Å². The number of nitrogens with one attached hydrogen (secondary N) is 2. The topological polar surface area (TPSA) is 165 Å². The Bertz CT molecular complexity index is 1550. The maximum atomic E-state index is 13.6. The predicted molar refractivity (Wildman–Crippen MR) is 140 cm³/mol. The van der Waals surface area contributed by atoms with Gasteiger partial charge in [-0.15, -0.1) is 12.4 Å². The van der Waals surface area contributed by atoms with E-state index >= 15 is 0 Å². The highest BCUT2D eigenvalue weighted by molar-refractivity contribution is 5.85. The molecule has 0 aliphatic heterocycles. The molecule has 0 amide bonds. The standard InChI is InChI=1S/C25H19FN4O7.ClH/c1-13(16-10-19(29(34)35)12-20(11-16)30(36)37)27-21(14-5-7-17(26)8-6-14)15-3-2-4-18(9-15)28-22-23(31)25(33)24(22)32;/h2-13,21,27-28,31H,1H3;1H. The summed E-state index contributed by atoms with van der Waals surface area (Å²) in [5.41, 5.74) is -1.04. The van der Waals surface area contributed by atoms with Gasteiger partial charge in [0.1, 0.15) is 11.5 Å². The lowest BCUT2D eigenvalue weighted by Crippen LogP contribution is -2.32. The molecule has 0 bridgehead atoms. The van der Waals surface area contributed by atoms with Crippen LogP contribution in [0, 0.1) is 26.0 Å². The number of hydrogen-bond acceptors (Lipinski definition) is 9. The summed E-state index contributed by atoms with van der Waals surface area (Å²) < 4.78 is 13.6. The monoisotopic (exact) mass is 542 g/mol. The maximum absolute atomic E-state index is 13.6. The van der Waals surface area contributed by atoms with Crippen LogP contribution in [0.15, 0.2) is 76.3 Å². The highest BCUT2D eigenvalue weighted by Crippen LogP contribution is 2.32. The minimum absolute atomic E-state index is 0. The van der Waals surface area contributed by atoms with E-state index < -0.39 is 55.7 Å². The van der Waals surface area contributed by atoms with Gasteiger partial charge in [-0.1, -0.05) is 24.3 Å². The zero-order chi connectivity index (χ0) is 26.9. The molecule has 0 spiro atoms. The third kappa shape index (κ3) is 5.66. The quantitative estimate of drug-likeness (QED) is 0.156. The Balaban J connectivity index is 0.00000400. The van der Waals surface area contributed by atoms with Gasteiger partial charge in [-0.2, -0.15) is 0 Å². The molecule has 38 heavy (non-hydrogen) atoms. The zero-order valence-corrected chi connectivity index (χ0v) is 20.4. The third-order valence-electron chi connectivity index (χ3n) is 5.84. The molecule has 0 aliphatic rings. The summed E-state index contributed by atoms with van der Waals surface area (Å²) in [5.74, 6) is -1.12. The second-order valence-electron chi connectivity index (χ2n) is 8.30. The summed E-state index contributed by atoms with van der Waals surface area (Å²) in [4.78, 5) is 44.3. The van der Waals surface area contributed by atoms with Gasteiger partial charge in [0.2, 0.25) is 0 Å². The highest BCUT2D eigenvalue weighted by Gasteiger charge is 2.24. The summed E-state index contributed by atoms with van der Waals surface area (Å²) in [7, 11) is 0. The first-order valence-electron chi connectivity index (χ1n) is 10.9. The number of nitro benzene ring substituents is 2. The van der Waals surface area contributed by atoms with E-state index in [-0.39, 0.29) is 23.7 Å². The van der Waals surface area contributed by atoms with Crippen LogP contribution in [0.5, 0.6) is 5.75 Å². The molecule has 0 heterocycles. The molecule has 13 heteroatoms. The van der Waals surface area contributed by atoms with Crippen molar-refractivity contribution in [1.29, 1.82) is 0 Å². The van der Waals surface area contributed by atoms with Gasteiger partial charge in [0, 0.05) is 23.9 Å². The van der Waals surface area contributed by atoms with Crippen molar-refractivity contribution in [2.75, 3.05) is 5.32 Å². The molecule has 4 rings (SSSR count). The first-order valence-corrected chi connectivity index (χ1v) is 10.9. The van der Waals surface area contributed by atoms with Crippen LogP contribution in [-0.2, 0) is 0 Å². The molecule has 0 fully saturated rings. The fourth-order valence-electron chi connectivity index (χ4n) is 3.90. The lowest BCUT2D eigenvalue weighted by molar-refractivity contribution is -0.394. The van der Waals surface area contributed by atoms with Crippen LogP contribution in [-0.4, -0.2) is 15.0 Å². The maximum Gasteiger partial charge on any atom is 0.276 e. The molecule has 0 saturated heterocycles. The molecule has 196 valence electrons. The number of halogens is 2. The van der Waals surface area contributed by atoms with Crippen LogP contribution in [0.2, 0.25) is 0 Å². The normalized spacial score (nSPS) is 12.4. The molecule has 0 saturated carbocycles.